The molecule has 0 aliphatic carbocycles. The van der Waals surface area contributed by atoms with Crippen LogP contribution in [0, 0.1) is 13.8 Å². The first-order valence-electron chi connectivity index (χ1n) is 11.1. The molecule has 1 fully saturated rings. The molecule has 0 saturated carbocycles. The number of hydrogen-bond acceptors (Lipinski definition) is 6. The van der Waals surface area contributed by atoms with E-state index in [9.17, 15) is 9.59 Å². The number of nitrogens with one attached hydrogen (secondary N) is 1. The number of thioether (sulfide) groups is 1. The van der Waals surface area contributed by atoms with Crippen LogP contribution >= 0.6 is 51.5 Å². The van der Waals surface area contributed by atoms with E-state index in [0.29, 0.717) is 37.1 Å². The molecule has 2 amide bonds. The summed E-state index contributed by atoms with van der Waals surface area (Å²) in [4.78, 5) is 27.5. The molecular weight excluding hydrogens is 596 g/mol. The van der Waals surface area contributed by atoms with Gasteiger partial charge in [0.2, 0.25) is 0 Å². The lowest BCUT2D eigenvalue weighted by molar-refractivity contribution is -0.118. The van der Waals surface area contributed by atoms with Crippen molar-refractivity contribution >= 4 is 85.1 Å². The van der Waals surface area contributed by atoms with E-state index < -0.39 is 0 Å². The van der Waals surface area contributed by atoms with Gasteiger partial charge in [-0.25, -0.2) is 0 Å². The highest BCUT2D eigenvalue weighted by Crippen LogP contribution is 2.37. The monoisotopic (exact) mass is 616 g/mol. The van der Waals surface area contributed by atoms with Crippen LogP contribution in [-0.4, -0.2) is 29.9 Å². The molecule has 0 spiro atoms. The summed E-state index contributed by atoms with van der Waals surface area (Å²) in [6.45, 7) is 3.79. The van der Waals surface area contributed by atoms with Crippen molar-refractivity contribution in [2.45, 2.75) is 13.8 Å². The van der Waals surface area contributed by atoms with Crippen LogP contribution in [0.3, 0.4) is 0 Å². The molecule has 0 atom stereocenters. The van der Waals surface area contributed by atoms with Gasteiger partial charge in [0.15, 0.2) is 22.4 Å². The molecule has 37 heavy (non-hydrogen) atoms. The van der Waals surface area contributed by atoms with Crippen LogP contribution in [0.25, 0.3) is 6.08 Å². The van der Waals surface area contributed by atoms with Crippen molar-refractivity contribution in [3.63, 3.8) is 0 Å². The minimum atomic E-state index is -0.305. The van der Waals surface area contributed by atoms with E-state index in [-0.39, 0.29) is 18.4 Å². The summed E-state index contributed by atoms with van der Waals surface area (Å²) in [6, 6.07) is 16.0. The van der Waals surface area contributed by atoms with Gasteiger partial charge in [0.05, 0.1) is 23.4 Å². The van der Waals surface area contributed by atoms with Gasteiger partial charge in [-0.05, 0) is 101 Å². The molecule has 6 nitrogen and oxygen atoms in total. The van der Waals surface area contributed by atoms with Crippen LogP contribution in [0.5, 0.6) is 11.5 Å². The number of methoxy groups -OCH3 is 1. The van der Waals surface area contributed by atoms with Crippen molar-refractivity contribution in [1.29, 1.82) is 0 Å². The Hall–Kier alpha value is -2.85. The average Bonchev–Trinajstić information content (AvgIpc) is 3.14. The van der Waals surface area contributed by atoms with E-state index in [2.05, 4.69) is 21.2 Å². The quantitative estimate of drug-likeness (QED) is 0.224. The fraction of sp³-hybridized carbons (Fsp3) is 0.148. The smallest absolute Gasteiger partial charge is 0.270 e. The molecule has 3 aromatic carbocycles. The predicted octanol–water partition coefficient (Wildman–Crippen LogP) is 7.15. The third-order valence-electron chi connectivity index (χ3n) is 5.58. The second-order valence-corrected chi connectivity index (χ2v) is 11.1. The first kappa shape index (κ1) is 27.2. The standard InChI is InChI=1S/C27H22BrClN2O4S2/c1-15-10-20(28)21(11-16(15)2)30-25(32)14-35-22-9-4-17(12-23(22)34-3)13-24-26(33)31(27(36)37-24)19-7-5-18(29)6-8-19/h4-13H,14H2,1-3H3,(H,30,32)/b24-13-. The van der Waals surface area contributed by atoms with Gasteiger partial charge in [-0.15, -0.1) is 0 Å². The first-order valence-corrected chi connectivity index (χ1v) is 13.5. The molecular formula is C27H22BrClN2O4S2. The number of thiocarbonyl (C=S) groups is 1. The maximum atomic E-state index is 13.0. The Labute approximate surface area is 238 Å². The molecule has 3 aromatic rings. The SMILES string of the molecule is COc1cc(/C=C2\SC(=S)N(c3ccc(Cl)cc3)C2=O)ccc1OCC(=O)Nc1cc(C)c(C)cc1Br. The molecule has 4 rings (SSSR count). The van der Waals surface area contributed by atoms with Crippen molar-refractivity contribution in [3.05, 3.63) is 85.7 Å². The number of benzene rings is 3. The van der Waals surface area contributed by atoms with Crippen LogP contribution in [0.4, 0.5) is 11.4 Å². The zero-order valence-corrected chi connectivity index (χ0v) is 24.1. The van der Waals surface area contributed by atoms with Gasteiger partial charge in [0, 0.05) is 9.50 Å². The number of carbonyl (C=O) groups is 2. The van der Waals surface area contributed by atoms with Crippen LogP contribution in [-0.2, 0) is 9.59 Å². The normalized spacial score (nSPS) is 14.3. The Morgan fingerprint density at radius 3 is 2.51 bits per heavy atom. The summed E-state index contributed by atoms with van der Waals surface area (Å²) in [5, 5.41) is 3.43. The van der Waals surface area contributed by atoms with Gasteiger partial charge in [-0.3, -0.25) is 14.5 Å². The number of rotatable bonds is 7. The number of carbonyl (C=O) groups excluding carboxylic acids is 2. The molecule has 0 aromatic heterocycles. The third-order valence-corrected chi connectivity index (χ3v) is 7.79. The fourth-order valence-corrected chi connectivity index (χ4v) is 5.51. The van der Waals surface area contributed by atoms with E-state index >= 15 is 0 Å². The Morgan fingerprint density at radius 1 is 1.11 bits per heavy atom. The second-order valence-electron chi connectivity index (χ2n) is 8.16. The number of hydrogen-bond donors (Lipinski definition) is 1. The van der Waals surface area contributed by atoms with Gasteiger partial charge in [-0.1, -0.05) is 41.6 Å². The topological polar surface area (TPSA) is 67.9 Å². The Morgan fingerprint density at radius 2 is 1.81 bits per heavy atom. The second kappa shape index (κ2) is 11.7. The largest absolute Gasteiger partial charge is 0.493 e. The highest BCUT2D eigenvalue weighted by molar-refractivity contribution is 9.10. The number of halogens is 2. The summed E-state index contributed by atoms with van der Waals surface area (Å²) < 4.78 is 12.4. The zero-order chi connectivity index (χ0) is 26.7. The number of nitrogens with zero attached hydrogens (tertiary/aromatic N) is 1. The van der Waals surface area contributed by atoms with E-state index in [1.807, 2.05) is 26.0 Å². The van der Waals surface area contributed by atoms with Crippen molar-refractivity contribution in [2.75, 3.05) is 23.9 Å². The van der Waals surface area contributed by atoms with Gasteiger partial charge in [0.25, 0.3) is 11.8 Å². The Bertz CT molecular complexity index is 1430. The van der Waals surface area contributed by atoms with Crippen molar-refractivity contribution in [2.24, 2.45) is 0 Å². The van der Waals surface area contributed by atoms with Gasteiger partial charge in [-0.2, -0.15) is 0 Å². The molecule has 1 heterocycles. The summed E-state index contributed by atoms with van der Waals surface area (Å²) in [7, 11) is 1.51. The molecule has 1 aliphatic rings. The Kier molecular flexibility index (Phi) is 8.59. The summed E-state index contributed by atoms with van der Waals surface area (Å²) >= 11 is 16.1. The summed E-state index contributed by atoms with van der Waals surface area (Å²) in [5.74, 6) is 0.316. The highest BCUT2D eigenvalue weighted by atomic mass is 79.9. The molecule has 1 N–H and O–H groups in total. The lowest BCUT2D eigenvalue weighted by Crippen LogP contribution is -2.27. The van der Waals surface area contributed by atoms with E-state index in [4.69, 9.17) is 33.3 Å². The van der Waals surface area contributed by atoms with Crippen molar-refractivity contribution < 1.29 is 19.1 Å². The molecule has 1 aliphatic heterocycles. The molecule has 0 radical (unpaired) electrons. The lowest BCUT2D eigenvalue weighted by atomic mass is 10.1. The number of ether oxygens (including phenoxy) is 2. The number of anilines is 2. The van der Waals surface area contributed by atoms with Crippen LogP contribution in [0.2, 0.25) is 5.02 Å². The molecule has 10 heteroatoms. The zero-order valence-electron chi connectivity index (χ0n) is 20.1. The van der Waals surface area contributed by atoms with Gasteiger partial charge in [0.1, 0.15) is 0 Å². The fourth-order valence-electron chi connectivity index (χ4n) is 3.53. The molecule has 190 valence electrons. The summed E-state index contributed by atoms with van der Waals surface area (Å²) in [5.41, 5.74) is 4.25. The Balaban J connectivity index is 1.45. The average molecular weight is 618 g/mol. The predicted molar refractivity (Wildman–Crippen MR) is 158 cm³/mol. The van der Waals surface area contributed by atoms with Crippen molar-refractivity contribution in [1.82, 2.24) is 0 Å². The maximum absolute atomic E-state index is 13.0. The third kappa shape index (κ3) is 6.35. The van der Waals surface area contributed by atoms with E-state index in [1.54, 1.807) is 48.5 Å². The minimum Gasteiger partial charge on any atom is -0.493 e. The highest BCUT2D eigenvalue weighted by Gasteiger charge is 2.33. The van der Waals surface area contributed by atoms with Gasteiger partial charge >= 0.3 is 0 Å². The minimum absolute atomic E-state index is 0.200. The van der Waals surface area contributed by atoms with E-state index in [1.165, 1.54) is 23.8 Å². The van der Waals surface area contributed by atoms with Gasteiger partial charge < -0.3 is 14.8 Å². The van der Waals surface area contributed by atoms with E-state index in [0.717, 1.165) is 21.2 Å². The van der Waals surface area contributed by atoms with Crippen LogP contribution in [0.15, 0.2) is 64.0 Å². The lowest BCUT2D eigenvalue weighted by Gasteiger charge is -2.14. The van der Waals surface area contributed by atoms with Crippen molar-refractivity contribution in [3.8, 4) is 11.5 Å². The first-order chi connectivity index (χ1) is 17.7. The van der Waals surface area contributed by atoms with Crippen LogP contribution in [0.1, 0.15) is 16.7 Å². The molecule has 1 saturated heterocycles. The molecule has 0 unspecified atom stereocenters. The van der Waals surface area contributed by atoms with Crippen LogP contribution < -0.4 is 19.7 Å². The molecule has 0 bridgehead atoms. The maximum Gasteiger partial charge on any atom is 0.270 e. The number of amides is 2. The number of aryl methyl sites for hydroxylation is 2. The summed E-state index contributed by atoms with van der Waals surface area (Å²) in [6.07, 6.45) is 1.74.